The molecule has 0 bridgehead atoms. The molecule has 0 radical (unpaired) electrons. The number of carbonyl (C=O) groups is 2. The average Bonchev–Trinajstić information content (AvgIpc) is 2.65. The summed E-state index contributed by atoms with van der Waals surface area (Å²) in [4.78, 5) is 38.8. The molecule has 3 rings (SSSR count). The van der Waals surface area contributed by atoms with Gasteiger partial charge in [-0.15, -0.1) is 0 Å². The summed E-state index contributed by atoms with van der Waals surface area (Å²) in [5, 5.41) is 0.559. The number of hydrogen-bond acceptors (Lipinski definition) is 5. The zero-order valence-electron chi connectivity index (χ0n) is 13.4. The molecular formula is C19H15NO5. The van der Waals surface area contributed by atoms with E-state index < -0.39 is 18.1 Å². The third kappa shape index (κ3) is 3.58. The van der Waals surface area contributed by atoms with Crippen molar-refractivity contribution in [2.45, 2.75) is 0 Å². The van der Waals surface area contributed by atoms with Crippen molar-refractivity contribution in [3.63, 3.8) is 0 Å². The van der Waals surface area contributed by atoms with Crippen molar-refractivity contribution >= 4 is 22.7 Å². The number of esters is 1. The second kappa shape index (κ2) is 7.00. The number of methoxy groups -OCH3 is 1. The molecule has 0 atom stereocenters. The third-order valence-corrected chi connectivity index (χ3v) is 3.72. The van der Waals surface area contributed by atoms with E-state index in [2.05, 4.69) is 4.98 Å². The molecule has 1 N–H and O–H groups in total. The number of ether oxygens (including phenoxy) is 2. The van der Waals surface area contributed by atoms with Crippen LogP contribution in [0.4, 0.5) is 0 Å². The van der Waals surface area contributed by atoms with E-state index in [4.69, 9.17) is 9.47 Å². The summed E-state index contributed by atoms with van der Waals surface area (Å²) in [6, 6.07) is 14.6. The zero-order valence-corrected chi connectivity index (χ0v) is 13.4. The van der Waals surface area contributed by atoms with Crippen LogP contribution in [0.25, 0.3) is 10.9 Å². The lowest BCUT2D eigenvalue weighted by molar-refractivity contribution is 0.0476. The minimum Gasteiger partial charge on any atom is -0.497 e. The van der Waals surface area contributed by atoms with Gasteiger partial charge in [-0.2, -0.15) is 0 Å². The van der Waals surface area contributed by atoms with Gasteiger partial charge < -0.3 is 14.5 Å². The van der Waals surface area contributed by atoms with Gasteiger partial charge in [-0.1, -0.05) is 18.2 Å². The fraction of sp³-hybridized carbons (Fsp3) is 0.105. The number of fused-ring (bicyclic) bond motifs is 1. The lowest BCUT2D eigenvalue weighted by Crippen LogP contribution is -2.17. The fourth-order valence-corrected chi connectivity index (χ4v) is 2.44. The molecule has 1 heterocycles. The number of hydrogen-bond donors (Lipinski definition) is 1. The molecule has 0 unspecified atom stereocenters. The largest absolute Gasteiger partial charge is 0.497 e. The minimum absolute atomic E-state index is 0.127. The first-order valence-corrected chi connectivity index (χ1v) is 7.55. The summed E-state index contributed by atoms with van der Waals surface area (Å²) < 4.78 is 10.1. The van der Waals surface area contributed by atoms with Crippen molar-refractivity contribution in [2.24, 2.45) is 0 Å². The smallest absolute Gasteiger partial charge is 0.339 e. The predicted molar refractivity (Wildman–Crippen MR) is 92.2 cm³/mol. The Morgan fingerprint density at radius 3 is 2.48 bits per heavy atom. The number of carbonyl (C=O) groups excluding carboxylic acids is 2. The van der Waals surface area contributed by atoms with Gasteiger partial charge in [0.1, 0.15) is 5.75 Å². The molecule has 1 aromatic heterocycles. The van der Waals surface area contributed by atoms with Crippen LogP contribution in [-0.2, 0) is 4.74 Å². The number of benzene rings is 2. The van der Waals surface area contributed by atoms with Crippen molar-refractivity contribution < 1.29 is 19.1 Å². The molecular weight excluding hydrogens is 322 g/mol. The van der Waals surface area contributed by atoms with Gasteiger partial charge >= 0.3 is 5.97 Å². The van der Waals surface area contributed by atoms with E-state index in [0.717, 1.165) is 0 Å². The normalized spacial score (nSPS) is 10.4. The lowest BCUT2D eigenvalue weighted by Gasteiger charge is -2.07. The first kappa shape index (κ1) is 16.4. The molecule has 126 valence electrons. The molecule has 0 aliphatic rings. The molecule has 6 nitrogen and oxygen atoms in total. The highest BCUT2D eigenvalue weighted by Gasteiger charge is 2.15. The predicted octanol–water partition coefficient (Wildman–Crippen LogP) is 2.58. The minimum atomic E-state index is -0.718. The van der Waals surface area contributed by atoms with Gasteiger partial charge in [-0.05, 0) is 30.3 Å². The Balaban J connectivity index is 1.76. The van der Waals surface area contributed by atoms with E-state index in [-0.39, 0.29) is 11.3 Å². The fourth-order valence-electron chi connectivity index (χ4n) is 2.44. The lowest BCUT2D eigenvalue weighted by atomic mass is 10.1. The van der Waals surface area contributed by atoms with E-state index in [1.54, 1.807) is 48.5 Å². The maximum atomic E-state index is 12.3. The van der Waals surface area contributed by atoms with Gasteiger partial charge in [-0.3, -0.25) is 9.59 Å². The van der Waals surface area contributed by atoms with Crippen LogP contribution >= 0.6 is 0 Å². The quantitative estimate of drug-likeness (QED) is 0.571. The van der Waals surface area contributed by atoms with E-state index in [1.807, 2.05) is 0 Å². The van der Waals surface area contributed by atoms with Crippen molar-refractivity contribution in [1.82, 2.24) is 4.98 Å². The highest BCUT2D eigenvalue weighted by Crippen LogP contribution is 2.16. The maximum Gasteiger partial charge on any atom is 0.339 e. The number of Topliss-reactive ketones (excluding diaryl/α,β-unsaturated/α-hetero) is 1. The number of pyridine rings is 1. The standard InChI is InChI=1S/C19H15NO5/c1-24-13-8-6-12(7-9-13)17(21)11-25-19(23)15-10-18(22)20-16-5-3-2-4-14(15)16/h2-10H,11H2,1H3,(H,20,22). The van der Waals surface area contributed by atoms with Crippen LogP contribution < -0.4 is 10.3 Å². The van der Waals surface area contributed by atoms with Crippen LogP contribution in [0.2, 0.25) is 0 Å². The zero-order chi connectivity index (χ0) is 17.8. The molecule has 3 aromatic rings. The highest BCUT2D eigenvalue weighted by molar-refractivity contribution is 6.05. The summed E-state index contributed by atoms with van der Waals surface area (Å²) in [5.74, 6) is -0.433. The second-order valence-electron chi connectivity index (χ2n) is 5.32. The number of aromatic nitrogens is 1. The molecule has 6 heteroatoms. The third-order valence-electron chi connectivity index (χ3n) is 3.72. The summed E-state index contributed by atoms with van der Waals surface area (Å²) in [6.45, 7) is -0.410. The van der Waals surface area contributed by atoms with Crippen LogP contribution in [0.15, 0.2) is 59.4 Å². The molecule has 0 saturated carbocycles. The summed E-state index contributed by atoms with van der Waals surface area (Å²) in [6.07, 6.45) is 0. The molecule has 0 amide bonds. The van der Waals surface area contributed by atoms with Crippen LogP contribution in [-0.4, -0.2) is 30.5 Å². The number of ketones is 1. The molecule has 0 aliphatic heterocycles. The van der Waals surface area contributed by atoms with Crippen molar-refractivity contribution in [2.75, 3.05) is 13.7 Å². The van der Waals surface area contributed by atoms with Crippen molar-refractivity contribution in [3.8, 4) is 5.75 Å². The average molecular weight is 337 g/mol. The van der Waals surface area contributed by atoms with Gasteiger partial charge in [-0.25, -0.2) is 4.79 Å². The Morgan fingerprint density at radius 2 is 1.76 bits per heavy atom. The second-order valence-corrected chi connectivity index (χ2v) is 5.32. The van der Waals surface area contributed by atoms with Gasteiger partial charge in [0.2, 0.25) is 5.56 Å². The Kier molecular flexibility index (Phi) is 4.61. The molecule has 0 spiro atoms. The SMILES string of the molecule is COc1ccc(C(=O)COC(=O)c2cc(=O)[nH]c3ccccc23)cc1. The Labute approximate surface area is 143 Å². The van der Waals surface area contributed by atoms with Crippen LogP contribution in [0.1, 0.15) is 20.7 Å². The van der Waals surface area contributed by atoms with Gasteiger partial charge in [0.15, 0.2) is 12.4 Å². The highest BCUT2D eigenvalue weighted by atomic mass is 16.5. The number of para-hydroxylation sites is 1. The number of rotatable bonds is 5. The Bertz CT molecular complexity index is 989. The molecule has 25 heavy (non-hydrogen) atoms. The Morgan fingerprint density at radius 1 is 1.04 bits per heavy atom. The first-order chi connectivity index (χ1) is 12.1. The topological polar surface area (TPSA) is 85.5 Å². The summed E-state index contributed by atoms with van der Waals surface area (Å²) >= 11 is 0. The van der Waals surface area contributed by atoms with Crippen molar-refractivity contribution in [3.05, 3.63) is 76.1 Å². The van der Waals surface area contributed by atoms with E-state index in [1.165, 1.54) is 13.2 Å². The maximum absolute atomic E-state index is 12.3. The first-order valence-electron chi connectivity index (χ1n) is 7.55. The molecule has 0 aliphatic carbocycles. The molecule has 0 saturated heterocycles. The number of nitrogens with one attached hydrogen (secondary N) is 1. The van der Waals surface area contributed by atoms with E-state index in [0.29, 0.717) is 22.2 Å². The number of H-pyrrole nitrogens is 1. The van der Waals surface area contributed by atoms with Crippen LogP contribution in [0.3, 0.4) is 0 Å². The molecule has 2 aromatic carbocycles. The van der Waals surface area contributed by atoms with Gasteiger partial charge in [0.05, 0.1) is 12.7 Å². The number of aromatic amines is 1. The van der Waals surface area contributed by atoms with Crippen LogP contribution in [0.5, 0.6) is 5.75 Å². The van der Waals surface area contributed by atoms with Crippen molar-refractivity contribution in [1.29, 1.82) is 0 Å². The van der Waals surface area contributed by atoms with Gasteiger partial charge in [0, 0.05) is 22.5 Å². The molecule has 0 fully saturated rings. The van der Waals surface area contributed by atoms with E-state index >= 15 is 0 Å². The summed E-state index contributed by atoms with van der Waals surface area (Å²) in [5.41, 5.74) is 0.654. The van der Waals surface area contributed by atoms with Crippen LogP contribution in [0, 0.1) is 0 Å². The summed E-state index contributed by atoms with van der Waals surface area (Å²) in [7, 11) is 1.53. The van der Waals surface area contributed by atoms with Gasteiger partial charge in [0.25, 0.3) is 0 Å². The monoisotopic (exact) mass is 337 g/mol. The Hall–Kier alpha value is -3.41. The van der Waals surface area contributed by atoms with E-state index in [9.17, 15) is 14.4 Å².